The van der Waals surface area contributed by atoms with E-state index >= 15 is 0 Å². The molecule has 0 saturated heterocycles. The molecule has 5 aromatic rings. The molecule has 0 bridgehead atoms. The number of rotatable bonds is 7. The molecule has 3 aromatic carbocycles. The molecule has 2 heterocycles. The number of nitrogens with zero attached hydrogens (tertiary/aromatic N) is 3. The summed E-state index contributed by atoms with van der Waals surface area (Å²) < 4.78 is 7.33. The summed E-state index contributed by atoms with van der Waals surface area (Å²) in [6.45, 7) is 2.04. The van der Waals surface area contributed by atoms with Gasteiger partial charge in [0.1, 0.15) is 5.75 Å². The molecule has 7 nitrogen and oxygen atoms in total. The molecular weight excluding hydrogens is 482 g/mol. The highest BCUT2D eigenvalue weighted by Gasteiger charge is 2.21. The zero-order valence-corrected chi connectivity index (χ0v) is 20.7. The van der Waals surface area contributed by atoms with E-state index in [0.29, 0.717) is 27.4 Å². The van der Waals surface area contributed by atoms with Crippen molar-refractivity contribution < 1.29 is 9.53 Å². The van der Waals surface area contributed by atoms with Crippen LogP contribution in [0.15, 0.2) is 78.1 Å². The van der Waals surface area contributed by atoms with Crippen LogP contribution >= 0.6 is 23.4 Å². The third kappa shape index (κ3) is 4.62. The summed E-state index contributed by atoms with van der Waals surface area (Å²) in [4.78, 5) is 16.1. The number of carbonyl (C=O) groups is 1. The Kier molecular flexibility index (Phi) is 6.48. The third-order valence-electron chi connectivity index (χ3n) is 5.59. The van der Waals surface area contributed by atoms with Gasteiger partial charge in [0.05, 0.1) is 24.2 Å². The second-order valence-electron chi connectivity index (χ2n) is 7.86. The number of methoxy groups -OCH3 is 1. The molecule has 2 N–H and O–H groups in total. The lowest BCUT2D eigenvalue weighted by molar-refractivity contribution is -0.113. The second-order valence-corrected chi connectivity index (χ2v) is 9.24. The Hall–Kier alpha value is -3.75. The molecule has 5 rings (SSSR count). The van der Waals surface area contributed by atoms with E-state index in [1.807, 2.05) is 60.2 Å². The third-order valence-corrected chi connectivity index (χ3v) is 6.75. The van der Waals surface area contributed by atoms with Crippen LogP contribution in [0.4, 0.5) is 5.69 Å². The van der Waals surface area contributed by atoms with Crippen molar-refractivity contribution in [2.24, 2.45) is 0 Å². The fraction of sp³-hybridized carbons (Fsp3) is 0.115. The van der Waals surface area contributed by atoms with Crippen LogP contribution in [-0.2, 0) is 4.79 Å². The molecule has 2 aromatic heterocycles. The molecule has 9 heteroatoms. The predicted molar refractivity (Wildman–Crippen MR) is 141 cm³/mol. The van der Waals surface area contributed by atoms with E-state index in [4.69, 9.17) is 16.3 Å². The number of aromatic nitrogens is 4. The largest absolute Gasteiger partial charge is 0.495 e. The number of aryl methyl sites for hydroxylation is 1. The maximum Gasteiger partial charge on any atom is 0.234 e. The minimum Gasteiger partial charge on any atom is -0.495 e. The van der Waals surface area contributed by atoms with Crippen LogP contribution in [-0.4, -0.2) is 38.5 Å². The summed E-state index contributed by atoms with van der Waals surface area (Å²) in [7, 11) is 1.55. The molecule has 0 unspecified atom stereocenters. The van der Waals surface area contributed by atoms with E-state index in [1.165, 1.54) is 11.8 Å². The lowest BCUT2D eigenvalue weighted by Crippen LogP contribution is -2.15. The number of amides is 1. The Morgan fingerprint density at radius 3 is 2.74 bits per heavy atom. The molecule has 0 atom stereocenters. The fourth-order valence-corrected chi connectivity index (χ4v) is 4.84. The lowest BCUT2D eigenvalue weighted by atomic mass is 10.1. The van der Waals surface area contributed by atoms with Crippen molar-refractivity contribution in [3.8, 4) is 22.8 Å². The van der Waals surface area contributed by atoms with Crippen molar-refractivity contribution >= 4 is 45.9 Å². The van der Waals surface area contributed by atoms with E-state index in [9.17, 15) is 4.79 Å². The number of ether oxygens (including phenoxy) is 1. The number of H-pyrrole nitrogens is 1. The van der Waals surface area contributed by atoms with Gasteiger partial charge in [0.15, 0.2) is 11.0 Å². The van der Waals surface area contributed by atoms with Crippen LogP contribution in [0.2, 0.25) is 5.02 Å². The van der Waals surface area contributed by atoms with Crippen LogP contribution in [0.3, 0.4) is 0 Å². The number of para-hydroxylation sites is 2. The smallest absolute Gasteiger partial charge is 0.234 e. The number of thioether (sulfide) groups is 1. The highest BCUT2D eigenvalue weighted by Crippen LogP contribution is 2.34. The van der Waals surface area contributed by atoms with E-state index in [1.54, 1.807) is 25.3 Å². The molecular formula is C26H22ClN5O2S. The van der Waals surface area contributed by atoms with Gasteiger partial charge >= 0.3 is 0 Å². The molecule has 0 saturated carbocycles. The number of carbonyl (C=O) groups excluding carboxylic acids is 1. The van der Waals surface area contributed by atoms with E-state index in [0.717, 1.165) is 27.7 Å². The van der Waals surface area contributed by atoms with Gasteiger partial charge in [-0.05, 0) is 42.8 Å². The summed E-state index contributed by atoms with van der Waals surface area (Å²) >= 11 is 7.40. The number of benzene rings is 3. The summed E-state index contributed by atoms with van der Waals surface area (Å²) in [5.41, 5.74) is 4.51. The van der Waals surface area contributed by atoms with Crippen LogP contribution < -0.4 is 10.1 Å². The first kappa shape index (κ1) is 23.0. The SMILES string of the molecule is COc1ccc(Cl)cc1NC(=O)CSc1nnc(-c2c[nH]c3ccccc23)n1-c1ccccc1C. The van der Waals surface area contributed by atoms with Crippen LogP contribution in [0.25, 0.3) is 28.0 Å². The van der Waals surface area contributed by atoms with Gasteiger partial charge in [-0.3, -0.25) is 9.36 Å². The topological polar surface area (TPSA) is 84.8 Å². The Morgan fingerprint density at radius 2 is 1.91 bits per heavy atom. The molecule has 0 spiro atoms. The zero-order chi connectivity index (χ0) is 24.4. The molecule has 0 aliphatic heterocycles. The highest BCUT2D eigenvalue weighted by atomic mass is 35.5. The summed E-state index contributed by atoms with van der Waals surface area (Å²) in [5, 5.41) is 14.0. The summed E-state index contributed by atoms with van der Waals surface area (Å²) in [6.07, 6.45) is 1.94. The van der Waals surface area contributed by atoms with Gasteiger partial charge in [-0.2, -0.15) is 0 Å². The maximum atomic E-state index is 12.8. The lowest BCUT2D eigenvalue weighted by Gasteiger charge is -2.13. The highest BCUT2D eigenvalue weighted by molar-refractivity contribution is 7.99. The molecule has 176 valence electrons. The van der Waals surface area contributed by atoms with Crippen LogP contribution in [0, 0.1) is 6.92 Å². The average molecular weight is 504 g/mol. The standard InChI is InChI=1S/C26H22ClN5O2S/c1-16-7-3-6-10-22(16)32-25(19-14-28-20-9-5-4-8-18(19)20)30-31-26(32)35-15-24(33)29-21-13-17(27)11-12-23(21)34-2/h3-14,28H,15H2,1-2H3,(H,29,33). The molecule has 0 aliphatic rings. The number of hydrogen-bond donors (Lipinski definition) is 2. The molecule has 35 heavy (non-hydrogen) atoms. The Bertz CT molecular complexity index is 1530. The van der Waals surface area contributed by atoms with Crippen molar-refractivity contribution in [3.05, 3.63) is 83.5 Å². The number of anilines is 1. The first-order valence-electron chi connectivity index (χ1n) is 10.9. The predicted octanol–water partition coefficient (Wildman–Crippen LogP) is 6.12. The van der Waals surface area contributed by atoms with Crippen molar-refractivity contribution in [2.45, 2.75) is 12.1 Å². The summed E-state index contributed by atoms with van der Waals surface area (Å²) in [5.74, 6) is 1.17. The zero-order valence-electron chi connectivity index (χ0n) is 19.1. The normalized spacial score (nSPS) is 11.1. The van der Waals surface area contributed by atoms with Gasteiger partial charge in [-0.1, -0.05) is 59.8 Å². The molecule has 0 radical (unpaired) electrons. The van der Waals surface area contributed by atoms with Gasteiger partial charge in [-0.15, -0.1) is 10.2 Å². The first-order chi connectivity index (χ1) is 17.0. The summed E-state index contributed by atoms with van der Waals surface area (Å²) in [6, 6.07) is 21.2. The molecule has 1 amide bonds. The van der Waals surface area contributed by atoms with Gasteiger partial charge in [-0.25, -0.2) is 0 Å². The average Bonchev–Trinajstić information content (AvgIpc) is 3.47. The number of aromatic amines is 1. The Labute approximate surface area is 211 Å². The number of nitrogens with one attached hydrogen (secondary N) is 2. The first-order valence-corrected chi connectivity index (χ1v) is 12.3. The van der Waals surface area contributed by atoms with Gasteiger partial charge < -0.3 is 15.0 Å². The quantitative estimate of drug-likeness (QED) is 0.261. The molecule has 0 fully saturated rings. The molecule has 0 aliphatic carbocycles. The number of fused-ring (bicyclic) bond motifs is 1. The Morgan fingerprint density at radius 1 is 1.11 bits per heavy atom. The van der Waals surface area contributed by atoms with Crippen LogP contribution in [0.5, 0.6) is 5.75 Å². The van der Waals surface area contributed by atoms with E-state index < -0.39 is 0 Å². The minimum absolute atomic E-state index is 0.133. The van der Waals surface area contributed by atoms with Crippen molar-refractivity contribution in [2.75, 3.05) is 18.2 Å². The number of halogens is 1. The van der Waals surface area contributed by atoms with Crippen molar-refractivity contribution in [1.82, 2.24) is 19.7 Å². The van der Waals surface area contributed by atoms with Gasteiger partial charge in [0.2, 0.25) is 5.91 Å². The second kappa shape index (κ2) is 9.85. The van der Waals surface area contributed by atoms with Crippen LogP contribution in [0.1, 0.15) is 5.56 Å². The Balaban J connectivity index is 1.48. The van der Waals surface area contributed by atoms with Gasteiger partial charge in [0, 0.05) is 27.7 Å². The maximum absolute atomic E-state index is 12.8. The van der Waals surface area contributed by atoms with E-state index in [2.05, 4.69) is 26.6 Å². The van der Waals surface area contributed by atoms with Crippen molar-refractivity contribution in [1.29, 1.82) is 0 Å². The fourth-order valence-electron chi connectivity index (χ4n) is 3.92. The minimum atomic E-state index is -0.205. The van der Waals surface area contributed by atoms with Crippen molar-refractivity contribution in [3.63, 3.8) is 0 Å². The van der Waals surface area contributed by atoms with E-state index in [-0.39, 0.29) is 11.7 Å². The number of hydrogen-bond acceptors (Lipinski definition) is 5. The van der Waals surface area contributed by atoms with Gasteiger partial charge in [0.25, 0.3) is 0 Å². The monoisotopic (exact) mass is 503 g/mol.